The van der Waals surface area contributed by atoms with Crippen molar-refractivity contribution in [2.75, 3.05) is 32.7 Å². The molecule has 32 heavy (non-hydrogen) atoms. The van der Waals surface area contributed by atoms with Crippen LogP contribution in [0.1, 0.15) is 57.4 Å². The molecule has 1 aliphatic heterocycles. The molecular formula is C24H36Cl2N4O2. The largest absolute Gasteiger partial charge is 0.344 e. The lowest BCUT2D eigenvalue weighted by molar-refractivity contribution is -0.139. The minimum atomic E-state index is -0.641. The van der Waals surface area contributed by atoms with Gasteiger partial charge < -0.3 is 16.0 Å². The lowest BCUT2D eigenvalue weighted by Crippen LogP contribution is -2.63. The van der Waals surface area contributed by atoms with Crippen LogP contribution in [-0.4, -0.2) is 65.9 Å². The highest BCUT2D eigenvalue weighted by molar-refractivity contribution is 6.35. The van der Waals surface area contributed by atoms with Gasteiger partial charge in [-0.3, -0.25) is 14.5 Å². The van der Waals surface area contributed by atoms with Crippen molar-refractivity contribution in [3.05, 3.63) is 33.8 Å². The van der Waals surface area contributed by atoms with E-state index in [9.17, 15) is 9.59 Å². The Kier molecular flexibility index (Phi) is 9.23. The van der Waals surface area contributed by atoms with E-state index in [-0.39, 0.29) is 17.4 Å². The molecule has 8 heteroatoms. The van der Waals surface area contributed by atoms with Gasteiger partial charge in [0.05, 0.1) is 0 Å². The first-order chi connectivity index (χ1) is 15.4. The summed E-state index contributed by atoms with van der Waals surface area (Å²) in [7, 11) is 0. The second kappa shape index (κ2) is 11.7. The zero-order chi connectivity index (χ0) is 23.1. The zero-order valence-corrected chi connectivity index (χ0v) is 20.6. The van der Waals surface area contributed by atoms with Crippen LogP contribution >= 0.6 is 23.2 Å². The fraction of sp³-hybridized carbons (Fsp3) is 0.667. The molecule has 1 unspecified atom stereocenters. The van der Waals surface area contributed by atoms with E-state index in [1.54, 1.807) is 12.1 Å². The Labute approximate surface area is 201 Å². The predicted octanol–water partition coefficient (Wildman–Crippen LogP) is 3.63. The Morgan fingerprint density at radius 2 is 1.81 bits per heavy atom. The molecule has 3 N–H and O–H groups in total. The number of rotatable bonds is 8. The van der Waals surface area contributed by atoms with E-state index in [1.165, 1.54) is 19.3 Å². The molecule has 178 valence electrons. The summed E-state index contributed by atoms with van der Waals surface area (Å²) >= 11 is 12.4. The lowest BCUT2D eigenvalue weighted by Gasteiger charge is -2.49. The topological polar surface area (TPSA) is 78.7 Å². The number of carbonyl (C=O) groups is 2. The molecule has 0 spiro atoms. The molecule has 1 aromatic rings. The second-order valence-electron chi connectivity index (χ2n) is 9.11. The first-order valence-corrected chi connectivity index (χ1v) is 12.6. The summed E-state index contributed by atoms with van der Waals surface area (Å²) in [5.74, 6) is -0.163. The monoisotopic (exact) mass is 482 g/mol. The van der Waals surface area contributed by atoms with Gasteiger partial charge in [0.2, 0.25) is 11.8 Å². The first kappa shape index (κ1) is 25.3. The number of nitrogens with zero attached hydrogens (tertiary/aromatic N) is 2. The van der Waals surface area contributed by atoms with E-state index in [0.717, 1.165) is 37.9 Å². The van der Waals surface area contributed by atoms with Crippen molar-refractivity contribution < 1.29 is 9.59 Å². The third kappa shape index (κ3) is 6.16. The number of carbonyl (C=O) groups excluding carboxylic acids is 2. The highest BCUT2D eigenvalue weighted by atomic mass is 35.5. The maximum Gasteiger partial charge on any atom is 0.245 e. The minimum absolute atomic E-state index is 0.0504. The minimum Gasteiger partial charge on any atom is -0.344 e. The average molecular weight is 483 g/mol. The number of halogens is 2. The molecule has 1 saturated heterocycles. The lowest BCUT2D eigenvalue weighted by atomic mass is 9.80. The van der Waals surface area contributed by atoms with E-state index < -0.39 is 6.04 Å². The third-order valence-electron chi connectivity index (χ3n) is 6.98. The summed E-state index contributed by atoms with van der Waals surface area (Å²) in [4.78, 5) is 30.2. The number of amides is 2. The van der Waals surface area contributed by atoms with Crippen molar-refractivity contribution in [3.63, 3.8) is 0 Å². The van der Waals surface area contributed by atoms with Crippen molar-refractivity contribution in [2.24, 2.45) is 5.73 Å². The molecule has 1 aliphatic carbocycles. The molecule has 6 nitrogen and oxygen atoms in total. The van der Waals surface area contributed by atoms with Crippen LogP contribution in [0, 0.1) is 0 Å². The van der Waals surface area contributed by atoms with Crippen LogP contribution < -0.4 is 11.1 Å². The Bertz CT molecular complexity index is 790. The molecule has 2 amide bonds. The summed E-state index contributed by atoms with van der Waals surface area (Å²) in [6.07, 6.45) is 7.49. The van der Waals surface area contributed by atoms with Gasteiger partial charge in [0, 0.05) is 61.1 Å². The molecule has 3 rings (SSSR count). The van der Waals surface area contributed by atoms with Gasteiger partial charge in [-0.25, -0.2) is 0 Å². The van der Waals surface area contributed by atoms with Crippen LogP contribution in [0.2, 0.25) is 10.0 Å². The Morgan fingerprint density at radius 1 is 1.12 bits per heavy atom. The molecule has 0 radical (unpaired) electrons. The smallest absolute Gasteiger partial charge is 0.245 e. The predicted molar refractivity (Wildman–Crippen MR) is 130 cm³/mol. The van der Waals surface area contributed by atoms with Crippen molar-refractivity contribution in [1.29, 1.82) is 0 Å². The van der Waals surface area contributed by atoms with Gasteiger partial charge in [-0.1, -0.05) is 55.5 Å². The van der Waals surface area contributed by atoms with Crippen LogP contribution in [0.25, 0.3) is 0 Å². The van der Waals surface area contributed by atoms with Gasteiger partial charge in [0.25, 0.3) is 0 Å². The number of hydrogen-bond donors (Lipinski definition) is 2. The van der Waals surface area contributed by atoms with Gasteiger partial charge in [-0.2, -0.15) is 0 Å². The van der Waals surface area contributed by atoms with Gasteiger partial charge in [0.1, 0.15) is 6.04 Å². The zero-order valence-electron chi connectivity index (χ0n) is 19.0. The number of piperazine rings is 1. The van der Waals surface area contributed by atoms with Gasteiger partial charge in [-0.05, 0) is 37.0 Å². The molecule has 2 fully saturated rings. The molecule has 1 saturated carbocycles. The molecule has 0 bridgehead atoms. The normalized spacial score (nSPS) is 20.1. The summed E-state index contributed by atoms with van der Waals surface area (Å²) in [6, 6.07) is 4.61. The Morgan fingerprint density at radius 3 is 2.41 bits per heavy atom. The Hall–Kier alpha value is -1.34. The van der Waals surface area contributed by atoms with E-state index in [1.807, 2.05) is 17.9 Å². The molecule has 2 aliphatic rings. The fourth-order valence-electron chi connectivity index (χ4n) is 5.08. The first-order valence-electron chi connectivity index (χ1n) is 11.9. The van der Waals surface area contributed by atoms with Crippen LogP contribution in [0.15, 0.2) is 18.2 Å². The van der Waals surface area contributed by atoms with Gasteiger partial charge in [0.15, 0.2) is 0 Å². The highest BCUT2D eigenvalue weighted by Gasteiger charge is 2.39. The third-order valence-corrected chi connectivity index (χ3v) is 7.56. The van der Waals surface area contributed by atoms with Crippen molar-refractivity contribution in [2.45, 2.75) is 69.9 Å². The van der Waals surface area contributed by atoms with E-state index in [0.29, 0.717) is 42.5 Å². The quantitative estimate of drug-likeness (QED) is 0.592. The van der Waals surface area contributed by atoms with Crippen LogP contribution in [-0.2, 0) is 16.0 Å². The van der Waals surface area contributed by atoms with Crippen LogP contribution in [0.3, 0.4) is 0 Å². The standard InChI is InChI=1S/C24H36Cl2N4O2/c1-2-6-22(31)28-21(15-18-7-8-19(25)16-20(18)26)23(32)29-11-13-30(14-12-29)24(17-27)9-4-3-5-10-24/h7-8,16,21H,2-6,9-15,17,27H2,1H3,(H,28,31). The molecule has 1 aromatic carbocycles. The summed E-state index contributed by atoms with van der Waals surface area (Å²) < 4.78 is 0. The number of hydrogen-bond acceptors (Lipinski definition) is 4. The molecule has 1 heterocycles. The molecular weight excluding hydrogens is 447 g/mol. The van der Waals surface area contributed by atoms with Crippen LogP contribution in [0.5, 0.6) is 0 Å². The Balaban J connectivity index is 1.68. The van der Waals surface area contributed by atoms with Crippen molar-refractivity contribution >= 4 is 35.0 Å². The van der Waals surface area contributed by atoms with Crippen molar-refractivity contribution in [3.8, 4) is 0 Å². The summed E-state index contributed by atoms with van der Waals surface area (Å²) in [5, 5.41) is 4.00. The number of nitrogens with one attached hydrogen (secondary N) is 1. The van der Waals surface area contributed by atoms with Crippen LogP contribution in [0.4, 0.5) is 0 Å². The number of benzene rings is 1. The van der Waals surface area contributed by atoms with Crippen molar-refractivity contribution in [1.82, 2.24) is 15.1 Å². The van der Waals surface area contributed by atoms with Gasteiger partial charge >= 0.3 is 0 Å². The summed E-state index contributed by atoms with van der Waals surface area (Å²) in [6.45, 7) is 5.56. The average Bonchev–Trinajstić information content (AvgIpc) is 2.80. The van der Waals surface area contributed by atoms with E-state index in [2.05, 4.69) is 10.2 Å². The van der Waals surface area contributed by atoms with E-state index >= 15 is 0 Å². The highest BCUT2D eigenvalue weighted by Crippen LogP contribution is 2.33. The van der Waals surface area contributed by atoms with E-state index in [4.69, 9.17) is 28.9 Å². The molecule has 0 aromatic heterocycles. The summed E-state index contributed by atoms with van der Waals surface area (Å²) in [5.41, 5.74) is 7.10. The molecule has 1 atom stereocenters. The second-order valence-corrected chi connectivity index (χ2v) is 9.96. The maximum atomic E-state index is 13.5. The SMILES string of the molecule is CCCC(=O)NC(Cc1ccc(Cl)cc1Cl)C(=O)N1CCN(C2(CN)CCCCC2)CC1. The fourth-order valence-corrected chi connectivity index (χ4v) is 5.57. The maximum absolute atomic E-state index is 13.5. The van der Waals surface area contributed by atoms with Gasteiger partial charge in [-0.15, -0.1) is 0 Å². The number of nitrogens with two attached hydrogens (primary N) is 1.